The van der Waals surface area contributed by atoms with Gasteiger partial charge in [-0.3, -0.25) is 0 Å². The number of hydrogen-bond acceptors (Lipinski definition) is 2. The van der Waals surface area contributed by atoms with E-state index in [1.807, 2.05) is 72.8 Å². The molecule has 0 heterocycles. The molecule has 1 N–H and O–H groups in total. The summed E-state index contributed by atoms with van der Waals surface area (Å²) in [7, 11) is 0. The van der Waals surface area contributed by atoms with E-state index >= 15 is 0 Å². The van der Waals surface area contributed by atoms with E-state index in [4.69, 9.17) is 4.74 Å². The molecule has 3 aromatic carbocycles. The summed E-state index contributed by atoms with van der Waals surface area (Å²) >= 11 is 0. The van der Waals surface area contributed by atoms with Gasteiger partial charge >= 0.3 is 0 Å². The summed E-state index contributed by atoms with van der Waals surface area (Å²) in [4.78, 5) is 0. The molecule has 1 atom stereocenters. The van der Waals surface area contributed by atoms with E-state index in [1.54, 1.807) is 0 Å². The first-order chi connectivity index (χ1) is 9.83. The first-order valence-corrected chi connectivity index (χ1v) is 6.69. The number of aliphatic hydroxyl groups is 1. The smallest absolute Gasteiger partial charge is 0.201 e. The predicted octanol–water partition coefficient (Wildman–Crippen LogP) is 3.78. The van der Waals surface area contributed by atoms with E-state index in [1.165, 1.54) is 0 Å². The Kier molecular flexibility index (Phi) is 3.66. The molecule has 0 spiro atoms. The standard InChI is InChI=1S/C18H16O2/c19-18(13-14-7-2-1-3-8-14)20-17-12-6-10-15-9-4-5-11-16(15)17/h1-12,18-19H,13H2. The van der Waals surface area contributed by atoms with Crippen molar-refractivity contribution in [1.29, 1.82) is 0 Å². The Hall–Kier alpha value is -2.32. The third-order valence-corrected chi connectivity index (χ3v) is 3.27. The first-order valence-electron chi connectivity index (χ1n) is 6.69. The number of ether oxygens (including phenoxy) is 1. The molecule has 0 amide bonds. The highest BCUT2D eigenvalue weighted by atomic mass is 16.6. The average molecular weight is 264 g/mol. The maximum absolute atomic E-state index is 10.1. The monoisotopic (exact) mass is 264 g/mol. The normalized spacial score (nSPS) is 12.2. The second-order valence-corrected chi connectivity index (χ2v) is 4.74. The van der Waals surface area contributed by atoms with Crippen LogP contribution < -0.4 is 4.74 Å². The van der Waals surface area contributed by atoms with Crippen molar-refractivity contribution in [3.05, 3.63) is 78.4 Å². The van der Waals surface area contributed by atoms with E-state index in [-0.39, 0.29) is 0 Å². The molecule has 0 aliphatic carbocycles. The molecular weight excluding hydrogens is 248 g/mol. The summed E-state index contributed by atoms with van der Waals surface area (Å²) < 4.78 is 5.69. The molecule has 0 fully saturated rings. The molecule has 1 unspecified atom stereocenters. The first kappa shape index (κ1) is 12.7. The number of aliphatic hydroxyl groups excluding tert-OH is 1. The van der Waals surface area contributed by atoms with E-state index in [2.05, 4.69) is 0 Å². The zero-order chi connectivity index (χ0) is 13.8. The van der Waals surface area contributed by atoms with Gasteiger partial charge in [0.15, 0.2) is 0 Å². The van der Waals surface area contributed by atoms with Crippen LogP contribution in [0.4, 0.5) is 0 Å². The van der Waals surface area contributed by atoms with Gasteiger partial charge < -0.3 is 9.84 Å². The fourth-order valence-electron chi connectivity index (χ4n) is 2.30. The molecule has 3 aromatic rings. The van der Waals surface area contributed by atoms with Crippen molar-refractivity contribution in [2.24, 2.45) is 0 Å². The summed E-state index contributed by atoms with van der Waals surface area (Å²) in [6.07, 6.45) is -0.368. The van der Waals surface area contributed by atoms with Crippen LogP contribution in [0, 0.1) is 0 Å². The Labute approximate surface area is 118 Å². The van der Waals surface area contributed by atoms with Crippen LogP contribution in [0.5, 0.6) is 5.75 Å². The maximum Gasteiger partial charge on any atom is 0.201 e. The van der Waals surface area contributed by atoms with Gasteiger partial charge in [-0.25, -0.2) is 0 Å². The highest BCUT2D eigenvalue weighted by Gasteiger charge is 2.09. The lowest BCUT2D eigenvalue weighted by Crippen LogP contribution is -2.18. The molecule has 3 rings (SSSR count). The zero-order valence-corrected chi connectivity index (χ0v) is 11.1. The van der Waals surface area contributed by atoms with Crippen molar-refractivity contribution in [3.63, 3.8) is 0 Å². The van der Waals surface area contributed by atoms with Gasteiger partial charge in [0.1, 0.15) is 5.75 Å². The lowest BCUT2D eigenvalue weighted by atomic mass is 10.1. The van der Waals surface area contributed by atoms with Crippen molar-refractivity contribution < 1.29 is 9.84 Å². The molecule has 2 heteroatoms. The Morgan fingerprint density at radius 1 is 0.800 bits per heavy atom. The molecule has 0 aliphatic rings. The van der Waals surface area contributed by atoms with Crippen LogP contribution in [0.25, 0.3) is 10.8 Å². The van der Waals surface area contributed by atoms with E-state index < -0.39 is 6.29 Å². The Morgan fingerprint density at radius 2 is 1.50 bits per heavy atom. The predicted molar refractivity (Wildman–Crippen MR) is 80.7 cm³/mol. The van der Waals surface area contributed by atoms with Crippen LogP contribution >= 0.6 is 0 Å². The lowest BCUT2D eigenvalue weighted by Gasteiger charge is -2.15. The average Bonchev–Trinajstić information content (AvgIpc) is 2.48. The summed E-state index contributed by atoms with van der Waals surface area (Å²) in [6, 6.07) is 23.7. The minimum Gasteiger partial charge on any atom is -0.464 e. The molecule has 0 bridgehead atoms. The molecule has 20 heavy (non-hydrogen) atoms. The fraction of sp³-hybridized carbons (Fsp3) is 0.111. The van der Waals surface area contributed by atoms with Crippen LogP contribution in [-0.2, 0) is 6.42 Å². The van der Waals surface area contributed by atoms with Crippen LogP contribution in [-0.4, -0.2) is 11.4 Å². The topological polar surface area (TPSA) is 29.5 Å². The van der Waals surface area contributed by atoms with Crippen LogP contribution in [0.15, 0.2) is 72.8 Å². The molecule has 0 saturated heterocycles. The van der Waals surface area contributed by atoms with E-state index in [9.17, 15) is 5.11 Å². The van der Waals surface area contributed by atoms with Crippen molar-refractivity contribution in [2.45, 2.75) is 12.7 Å². The van der Waals surface area contributed by atoms with E-state index in [0.29, 0.717) is 12.2 Å². The highest BCUT2D eigenvalue weighted by Crippen LogP contribution is 2.26. The van der Waals surface area contributed by atoms with Gasteiger partial charge in [0, 0.05) is 11.8 Å². The SMILES string of the molecule is OC(Cc1ccccc1)Oc1cccc2ccccc12. The minimum atomic E-state index is -0.844. The van der Waals surface area contributed by atoms with Gasteiger partial charge in [0.25, 0.3) is 0 Å². The highest BCUT2D eigenvalue weighted by molar-refractivity contribution is 5.88. The van der Waals surface area contributed by atoms with Gasteiger partial charge in [-0.05, 0) is 17.0 Å². The number of fused-ring (bicyclic) bond motifs is 1. The largest absolute Gasteiger partial charge is 0.464 e. The lowest BCUT2D eigenvalue weighted by molar-refractivity contribution is -0.0147. The molecule has 0 aromatic heterocycles. The van der Waals surface area contributed by atoms with Crippen molar-refractivity contribution in [2.75, 3.05) is 0 Å². The minimum absolute atomic E-state index is 0.476. The van der Waals surface area contributed by atoms with Crippen LogP contribution in [0.3, 0.4) is 0 Å². The van der Waals surface area contributed by atoms with Gasteiger partial charge in [-0.1, -0.05) is 66.7 Å². The zero-order valence-electron chi connectivity index (χ0n) is 11.1. The molecule has 0 radical (unpaired) electrons. The van der Waals surface area contributed by atoms with Crippen LogP contribution in [0.2, 0.25) is 0 Å². The van der Waals surface area contributed by atoms with Crippen molar-refractivity contribution in [3.8, 4) is 5.75 Å². The third kappa shape index (κ3) is 2.81. The molecular formula is C18H16O2. The van der Waals surface area contributed by atoms with Gasteiger partial charge in [0.2, 0.25) is 6.29 Å². The Balaban J connectivity index is 1.79. The summed E-state index contributed by atoms with van der Waals surface area (Å²) in [5.41, 5.74) is 1.06. The summed E-state index contributed by atoms with van der Waals surface area (Å²) in [6.45, 7) is 0. The third-order valence-electron chi connectivity index (χ3n) is 3.27. The molecule has 100 valence electrons. The molecule has 2 nitrogen and oxygen atoms in total. The van der Waals surface area contributed by atoms with Gasteiger partial charge in [-0.15, -0.1) is 0 Å². The molecule has 0 saturated carbocycles. The second-order valence-electron chi connectivity index (χ2n) is 4.74. The second kappa shape index (κ2) is 5.76. The van der Waals surface area contributed by atoms with Gasteiger partial charge in [0.05, 0.1) is 0 Å². The fourth-order valence-corrected chi connectivity index (χ4v) is 2.30. The van der Waals surface area contributed by atoms with Crippen molar-refractivity contribution in [1.82, 2.24) is 0 Å². The molecule has 0 aliphatic heterocycles. The Morgan fingerprint density at radius 3 is 2.35 bits per heavy atom. The van der Waals surface area contributed by atoms with Crippen molar-refractivity contribution >= 4 is 10.8 Å². The number of benzene rings is 3. The Bertz CT molecular complexity index is 687. The number of rotatable bonds is 4. The quantitative estimate of drug-likeness (QED) is 0.727. The van der Waals surface area contributed by atoms with Gasteiger partial charge in [-0.2, -0.15) is 0 Å². The van der Waals surface area contributed by atoms with Crippen LogP contribution in [0.1, 0.15) is 5.56 Å². The summed E-state index contributed by atoms with van der Waals surface area (Å²) in [5.74, 6) is 0.714. The summed E-state index contributed by atoms with van der Waals surface area (Å²) in [5, 5.41) is 12.2. The maximum atomic E-state index is 10.1. The van der Waals surface area contributed by atoms with E-state index in [0.717, 1.165) is 16.3 Å². The number of hydrogen-bond donors (Lipinski definition) is 1.